The Morgan fingerprint density at radius 1 is 1.05 bits per heavy atom. The van der Waals surface area contributed by atoms with Crippen LogP contribution in [-0.4, -0.2) is 15.5 Å². The highest BCUT2D eigenvalue weighted by atomic mass is 35.5. The molecule has 0 bridgehead atoms. The van der Waals surface area contributed by atoms with Gasteiger partial charge in [0.05, 0.1) is 5.52 Å². The lowest BCUT2D eigenvalue weighted by atomic mass is 9.89. The van der Waals surface area contributed by atoms with Crippen LogP contribution < -0.4 is 5.32 Å². The summed E-state index contributed by atoms with van der Waals surface area (Å²) in [6, 6.07) is 7.94. The van der Waals surface area contributed by atoms with Crippen molar-refractivity contribution in [3.05, 3.63) is 29.5 Å². The molecule has 0 amide bonds. The molecule has 0 spiro atoms. The van der Waals surface area contributed by atoms with Crippen LogP contribution in [0.15, 0.2) is 24.3 Å². The number of fused-ring (bicyclic) bond motifs is 1. The number of anilines is 1. The van der Waals surface area contributed by atoms with E-state index in [0.29, 0.717) is 5.28 Å². The lowest BCUT2D eigenvalue weighted by Gasteiger charge is -2.32. The molecule has 0 aliphatic carbocycles. The number of hydrogen-bond donors (Lipinski definition) is 1. The van der Waals surface area contributed by atoms with Crippen LogP contribution in [0.3, 0.4) is 0 Å². The smallest absolute Gasteiger partial charge is 0.224 e. The largest absolute Gasteiger partial charge is 0.364 e. The van der Waals surface area contributed by atoms with Gasteiger partial charge in [-0.2, -0.15) is 0 Å². The first-order valence-corrected chi connectivity index (χ1v) is 7.22. The summed E-state index contributed by atoms with van der Waals surface area (Å²) >= 11 is 6.02. The minimum Gasteiger partial charge on any atom is -0.364 e. The third-order valence-electron chi connectivity index (χ3n) is 3.99. The summed E-state index contributed by atoms with van der Waals surface area (Å²) in [5.41, 5.74) is 0.947. The van der Waals surface area contributed by atoms with Gasteiger partial charge in [-0.25, -0.2) is 9.97 Å². The molecule has 0 saturated heterocycles. The number of aromatic nitrogens is 2. The van der Waals surface area contributed by atoms with E-state index in [1.54, 1.807) is 0 Å². The lowest BCUT2D eigenvalue weighted by molar-refractivity contribution is 0.419. The van der Waals surface area contributed by atoms with Crippen molar-refractivity contribution in [1.29, 1.82) is 0 Å². The Morgan fingerprint density at radius 2 is 1.68 bits per heavy atom. The molecule has 1 aromatic carbocycles. The van der Waals surface area contributed by atoms with Crippen LogP contribution in [0.4, 0.5) is 5.82 Å². The Kier molecular flexibility index (Phi) is 4.25. The van der Waals surface area contributed by atoms with E-state index in [1.165, 1.54) is 0 Å². The summed E-state index contributed by atoms with van der Waals surface area (Å²) in [6.07, 6.45) is 3.15. The summed E-state index contributed by atoms with van der Waals surface area (Å²) < 4.78 is 0. The van der Waals surface area contributed by atoms with Crippen molar-refractivity contribution < 1.29 is 0 Å². The van der Waals surface area contributed by atoms with E-state index in [9.17, 15) is 0 Å². The van der Waals surface area contributed by atoms with Crippen molar-refractivity contribution in [1.82, 2.24) is 9.97 Å². The fourth-order valence-electron chi connectivity index (χ4n) is 2.41. The second kappa shape index (κ2) is 5.74. The maximum atomic E-state index is 6.02. The molecule has 1 heterocycles. The minimum absolute atomic E-state index is 0.0699. The second-order valence-corrected chi connectivity index (χ2v) is 5.16. The van der Waals surface area contributed by atoms with Gasteiger partial charge in [0.1, 0.15) is 5.82 Å². The number of rotatable bonds is 5. The standard InChI is InChI=1S/C15H20ClN3/c1-4-15(5-2,6-3)19-13-11-9-7-8-10-12(11)17-14(16)18-13/h7-10H,4-6H2,1-3H3,(H,17,18,19). The number of halogens is 1. The maximum Gasteiger partial charge on any atom is 0.224 e. The fraction of sp³-hybridized carbons (Fsp3) is 0.467. The molecule has 0 aliphatic rings. The van der Waals surface area contributed by atoms with Crippen molar-refractivity contribution in [3.63, 3.8) is 0 Å². The van der Waals surface area contributed by atoms with E-state index in [0.717, 1.165) is 36.0 Å². The van der Waals surface area contributed by atoms with Crippen LogP contribution in [-0.2, 0) is 0 Å². The Hall–Kier alpha value is -1.35. The van der Waals surface area contributed by atoms with Gasteiger partial charge < -0.3 is 5.32 Å². The van der Waals surface area contributed by atoms with E-state index in [-0.39, 0.29) is 5.54 Å². The SMILES string of the molecule is CCC(CC)(CC)Nc1nc(Cl)nc2ccccc12. The molecule has 0 fully saturated rings. The van der Waals surface area contributed by atoms with Crippen LogP contribution in [0, 0.1) is 0 Å². The molecule has 4 heteroatoms. The molecule has 102 valence electrons. The van der Waals surface area contributed by atoms with Gasteiger partial charge in [-0.05, 0) is 43.0 Å². The third-order valence-corrected chi connectivity index (χ3v) is 4.16. The zero-order chi connectivity index (χ0) is 13.9. The van der Waals surface area contributed by atoms with Crippen LogP contribution in [0.1, 0.15) is 40.0 Å². The first kappa shape index (κ1) is 14.1. The zero-order valence-corrected chi connectivity index (χ0v) is 12.5. The number of para-hydroxylation sites is 1. The summed E-state index contributed by atoms with van der Waals surface area (Å²) in [4.78, 5) is 8.63. The molecule has 0 radical (unpaired) electrons. The van der Waals surface area contributed by atoms with Crippen molar-refractivity contribution in [2.45, 2.75) is 45.6 Å². The molecular weight excluding hydrogens is 258 g/mol. The monoisotopic (exact) mass is 277 g/mol. The van der Waals surface area contributed by atoms with Crippen molar-refractivity contribution in [3.8, 4) is 0 Å². The van der Waals surface area contributed by atoms with Gasteiger partial charge >= 0.3 is 0 Å². The van der Waals surface area contributed by atoms with Crippen LogP contribution in [0.25, 0.3) is 10.9 Å². The first-order chi connectivity index (χ1) is 9.14. The maximum absolute atomic E-state index is 6.02. The minimum atomic E-state index is 0.0699. The number of hydrogen-bond acceptors (Lipinski definition) is 3. The topological polar surface area (TPSA) is 37.8 Å². The number of nitrogens with one attached hydrogen (secondary N) is 1. The lowest BCUT2D eigenvalue weighted by Crippen LogP contribution is -2.36. The molecule has 19 heavy (non-hydrogen) atoms. The molecule has 0 unspecified atom stereocenters. The molecule has 3 nitrogen and oxygen atoms in total. The normalized spacial score (nSPS) is 11.8. The molecule has 0 atom stereocenters. The average Bonchev–Trinajstić information content (AvgIpc) is 2.44. The summed E-state index contributed by atoms with van der Waals surface area (Å²) in [6.45, 7) is 6.60. The second-order valence-electron chi connectivity index (χ2n) is 4.82. The van der Waals surface area contributed by atoms with E-state index in [1.807, 2.05) is 24.3 Å². The molecule has 1 N–H and O–H groups in total. The molecule has 0 saturated carbocycles. The Balaban J connectivity index is 2.50. The Labute approximate surface area is 119 Å². The van der Waals surface area contributed by atoms with E-state index >= 15 is 0 Å². The van der Waals surface area contributed by atoms with E-state index in [4.69, 9.17) is 11.6 Å². The highest BCUT2D eigenvalue weighted by Gasteiger charge is 2.25. The zero-order valence-electron chi connectivity index (χ0n) is 11.7. The predicted octanol–water partition coefficient (Wildman–Crippen LogP) is 4.66. The van der Waals surface area contributed by atoms with Gasteiger partial charge in [0.2, 0.25) is 5.28 Å². The van der Waals surface area contributed by atoms with Gasteiger partial charge in [-0.3, -0.25) is 0 Å². The quantitative estimate of drug-likeness (QED) is 0.808. The predicted molar refractivity (Wildman–Crippen MR) is 81.8 cm³/mol. The van der Waals surface area contributed by atoms with Crippen molar-refractivity contribution >= 4 is 28.3 Å². The highest BCUT2D eigenvalue weighted by Crippen LogP contribution is 2.29. The number of benzene rings is 1. The summed E-state index contributed by atoms with van der Waals surface area (Å²) in [7, 11) is 0. The average molecular weight is 278 g/mol. The third kappa shape index (κ3) is 2.81. The molecular formula is C15H20ClN3. The van der Waals surface area contributed by atoms with Gasteiger partial charge in [-0.15, -0.1) is 0 Å². The molecule has 2 aromatic rings. The van der Waals surface area contributed by atoms with Crippen molar-refractivity contribution in [2.75, 3.05) is 5.32 Å². The fourth-order valence-corrected chi connectivity index (χ4v) is 2.59. The van der Waals surface area contributed by atoms with Crippen LogP contribution in [0.5, 0.6) is 0 Å². The molecule has 0 aliphatic heterocycles. The summed E-state index contributed by atoms with van der Waals surface area (Å²) in [5.74, 6) is 0.834. The van der Waals surface area contributed by atoms with E-state index < -0.39 is 0 Å². The van der Waals surface area contributed by atoms with Gasteiger partial charge in [0.25, 0.3) is 0 Å². The van der Waals surface area contributed by atoms with Crippen molar-refractivity contribution in [2.24, 2.45) is 0 Å². The van der Waals surface area contributed by atoms with Crippen LogP contribution in [0.2, 0.25) is 5.28 Å². The Bertz CT molecular complexity index is 556. The first-order valence-electron chi connectivity index (χ1n) is 6.84. The van der Waals surface area contributed by atoms with Crippen LogP contribution >= 0.6 is 11.6 Å². The highest BCUT2D eigenvalue weighted by molar-refractivity contribution is 6.28. The van der Waals surface area contributed by atoms with Gasteiger partial charge in [0, 0.05) is 10.9 Å². The molecule has 1 aromatic heterocycles. The van der Waals surface area contributed by atoms with E-state index in [2.05, 4.69) is 36.1 Å². The summed E-state index contributed by atoms with van der Waals surface area (Å²) in [5, 5.41) is 4.90. The Morgan fingerprint density at radius 3 is 2.32 bits per heavy atom. The van der Waals surface area contributed by atoms with Gasteiger partial charge in [-0.1, -0.05) is 32.9 Å². The number of nitrogens with zero attached hydrogens (tertiary/aromatic N) is 2. The van der Waals surface area contributed by atoms with Gasteiger partial charge in [0.15, 0.2) is 0 Å². The molecule has 2 rings (SSSR count).